The molecule has 0 aliphatic carbocycles. The van der Waals surface area contributed by atoms with Crippen LogP contribution in [0, 0.1) is 19.7 Å². The monoisotopic (exact) mass is 476 g/mol. The minimum absolute atomic E-state index is 0.190. The number of H-pyrrole nitrogens is 1. The third kappa shape index (κ3) is 6.01. The third-order valence-corrected chi connectivity index (χ3v) is 6.33. The Morgan fingerprint density at radius 3 is 2.56 bits per heavy atom. The van der Waals surface area contributed by atoms with E-state index in [2.05, 4.69) is 20.3 Å². The molecular weight excluding hydrogens is 455 g/mol. The molecule has 0 aliphatic rings. The molecule has 0 saturated heterocycles. The zero-order valence-corrected chi connectivity index (χ0v) is 19.3. The van der Waals surface area contributed by atoms with Crippen LogP contribution in [0.2, 0.25) is 0 Å². The second-order valence-corrected chi connectivity index (χ2v) is 8.69. The fourth-order valence-electron chi connectivity index (χ4n) is 2.75. The SMILES string of the molecule is CCOC(=O)c1sc(NC(=O)Cc2c(C)nc(SCc3ccc(F)cc3)[nH]c2=O)nc1C. The van der Waals surface area contributed by atoms with Crippen molar-refractivity contribution in [3.05, 3.63) is 67.8 Å². The first kappa shape index (κ1) is 23.6. The van der Waals surface area contributed by atoms with Gasteiger partial charge in [0.1, 0.15) is 10.7 Å². The maximum Gasteiger partial charge on any atom is 0.350 e. The van der Waals surface area contributed by atoms with Gasteiger partial charge in [0.2, 0.25) is 5.91 Å². The van der Waals surface area contributed by atoms with Gasteiger partial charge in [0.25, 0.3) is 5.56 Å². The van der Waals surface area contributed by atoms with Gasteiger partial charge in [-0.3, -0.25) is 9.59 Å². The highest BCUT2D eigenvalue weighted by Crippen LogP contribution is 2.24. The van der Waals surface area contributed by atoms with Gasteiger partial charge in [-0.05, 0) is 38.5 Å². The van der Waals surface area contributed by atoms with Crippen LogP contribution in [0.4, 0.5) is 9.52 Å². The van der Waals surface area contributed by atoms with Crippen LogP contribution in [-0.2, 0) is 21.7 Å². The first-order valence-electron chi connectivity index (χ1n) is 9.68. The number of aromatic amines is 1. The summed E-state index contributed by atoms with van der Waals surface area (Å²) in [6.07, 6.45) is -0.190. The van der Waals surface area contributed by atoms with Crippen LogP contribution in [0.1, 0.15) is 39.1 Å². The summed E-state index contributed by atoms with van der Waals surface area (Å²) in [5.41, 5.74) is 1.63. The zero-order chi connectivity index (χ0) is 23.3. The number of aromatic nitrogens is 3. The highest BCUT2D eigenvalue weighted by Gasteiger charge is 2.19. The van der Waals surface area contributed by atoms with Crippen molar-refractivity contribution in [2.75, 3.05) is 11.9 Å². The Morgan fingerprint density at radius 1 is 1.19 bits per heavy atom. The third-order valence-electron chi connectivity index (χ3n) is 4.33. The second-order valence-electron chi connectivity index (χ2n) is 6.73. The van der Waals surface area contributed by atoms with Gasteiger partial charge in [0, 0.05) is 17.0 Å². The average Bonchev–Trinajstić information content (AvgIpc) is 3.10. The number of thioether (sulfide) groups is 1. The summed E-state index contributed by atoms with van der Waals surface area (Å²) in [5, 5.41) is 3.28. The summed E-state index contributed by atoms with van der Waals surface area (Å²) >= 11 is 2.32. The predicted molar refractivity (Wildman–Crippen MR) is 121 cm³/mol. The molecular formula is C21H21FN4O4S2. The Labute approximate surface area is 191 Å². The Bertz CT molecular complexity index is 1190. The molecule has 168 valence electrons. The van der Waals surface area contributed by atoms with Crippen molar-refractivity contribution in [3.63, 3.8) is 0 Å². The van der Waals surface area contributed by atoms with Crippen LogP contribution >= 0.6 is 23.1 Å². The fourth-order valence-corrected chi connectivity index (χ4v) is 4.49. The lowest BCUT2D eigenvalue weighted by Crippen LogP contribution is -2.23. The van der Waals surface area contributed by atoms with Gasteiger partial charge < -0.3 is 15.0 Å². The van der Waals surface area contributed by atoms with Crippen LogP contribution in [0.15, 0.2) is 34.2 Å². The number of esters is 1. The molecule has 2 N–H and O–H groups in total. The average molecular weight is 477 g/mol. The molecule has 3 rings (SSSR count). The lowest BCUT2D eigenvalue weighted by molar-refractivity contribution is -0.115. The molecule has 1 aromatic carbocycles. The summed E-state index contributed by atoms with van der Waals surface area (Å²) in [7, 11) is 0. The number of aryl methyl sites for hydroxylation is 2. The van der Waals surface area contributed by atoms with Crippen molar-refractivity contribution in [2.24, 2.45) is 0 Å². The molecule has 0 unspecified atom stereocenters. The standard InChI is InChI=1S/C21H21FN4O4S2/c1-4-30-19(29)17-12(3)24-21(32-17)25-16(27)9-15-11(2)23-20(26-18(15)28)31-10-13-5-7-14(22)8-6-13/h5-8H,4,9-10H2,1-3H3,(H,23,26,28)(H,24,25,27). The Morgan fingerprint density at radius 2 is 1.91 bits per heavy atom. The lowest BCUT2D eigenvalue weighted by Gasteiger charge is -2.07. The van der Waals surface area contributed by atoms with Crippen molar-refractivity contribution in [3.8, 4) is 0 Å². The molecule has 0 saturated carbocycles. The number of amides is 1. The molecule has 2 heterocycles. The summed E-state index contributed by atoms with van der Waals surface area (Å²) in [6.45, 7) is 5.26. The first-order chi connectivity index (χ1) is 15.3. The van der Waals surface area contributed by atoms with Crippen molar-refractivity contribution >= 4 is 40.1 Å². The normalized spacial score (nSPS) is 10.8. The molecule has 32 heavy (non-hydrogen) atoms. The number of nitrogens with one attached hydrogen (secondary N) is 2. The number of nitrogens with zero attached hydrogens (tertiary/aromatic N) is 2. The van der Waals surface area contributed by atoms with Crippen molar-refractivity contribution < 1.29 is 18.7 Å². The maximum absolute atomic E-state index is 13.0. The van der Waals surface area contributed by atoms with Crippen molar-refractivity contribution in [1.82, 2.24) is 15.0 Å². The van der Waals surface area contributed by atoms with Crippen LogP contribution in [-0.4, -0.2) is 33.4 Å². The first-order valence-corrected chi connectivity index (χ1v) is 11.5. The molecule has 3 aromatic rings. The van der Waals surface area contributed by atoms with Crippen LogP contribution < -0.4 is 10.9 Å². The minimum atomic E-state index is -0.492. The number of rotatable bonds is 8. The van der Waals surface area contributed by atoms with Gasteiger partial charge >= 0.3 is 5.97 Å². The molecule has 11 heteroatoms. The van der Waals surface area contributed by atoms with E-state index in [-0.39, 0.29) is 29.5 Å². The predicted octanol–water partition coefficient (Wildman–Crippen LogP) is 3.63. The summed E-state index contributed by atoms with van der Waals surface area (Å²) < 4.78 is 18.0. The summed E-state index contributed by atoms with van der Waals surface area (Å²) in [6, 6.07) is 6.08. The number of carbonyl (C=O) groups excluding carboxylic acids is 2. The number of hydrogen-bond donors (Lipinski definition) is 2. The van der Waals surface area contributed by atoms with Crippen LogP contribution in [0.5, 0.6) is 0 Å². The number of thiazole rings is 1. The topological polar surface area (TPSA) is 114 Å². The number of ether oxygens (including phenoxy) is 1. The van der Waals surface area contributed by atoms with Gasteiger partial charge in [0.05, 0.1) is 18.7 Å². The Hall–Kier alpha value is -3.05. The van der Waals surface area contributed by atoms with E-state index in [1.165, 1.54) is 23.9 Å². The van der Waals surface area contributed by atoms with Gasteiger partial charge in [-0.25, -0.2) is 19.2 Å². The highest BCUT2D eigenvalue weighted by atomic mass is 32.2. The molecule has 0 spiro atoms. The minimum Gasteiger partial charge on any atom is -0.462 e. The summed E-state index contributed by atoms with van der Waals surface area (Å²) in [4.78, 5) is 48.4. The number of carbonyl (C=O) groups is 2. The molecule has 0 fully saturated rings. The molecule has 1 amide bonds. The number of anilines is 1. The molecule has 8 nitrogen and oxygen atoms in total. The smallest absolute Gasteiger partial charge is 0.350 e. The van der Waals surface area contributed by atoms with Crippen LogP contribution in [0.25, 0.3) is 0 Å². The molecule has 2 aromatic heterocycles. The second kappa shape index (κ2) is 10.5. The Kier molecular flexibility index (Phi) is 7.75. The van der Waals surface area contributed by atoms with Crippen molar-refractivity contribution in [1.29, 1.82) is 0 Å². The molecule has 0 aliphatic heterocycles. The van der Waals surface area contributed by atoms with E-state index in [4.69, 9.17) is 4.74 Å². The largest absolute Gasteiger partial charge is 0.462 e. The fraction of sp³-hybridized carbons (Fsp3) is 0.286. The van der Waals surface area contributed by atoms with Crippen molar-refractivity contribution in [2.45, 2.75) is 38.1 Å². The molecule has 0 bridgehead atoms. The number of hydrogen-bond acceptors (Lipinski definition) is 8. The lowest BCUT2D eigenvalue weighted by atomic mass is 10.1. The number of benzene rings is 1. The molecule has 0 atom stereocenters. The van der Waals surface area contributed by atoms with E-state index in [1.807, 2.05) is 0 Å². The van der Waals surface area contributed by atoms with Gasteiger partial charge in [-0.15, -0.1) is 0 Å². The Balaban J connectivity index is 1.65. The van der Waals surface area contributed by atoms with Gasteiger partial charge in [-0.2, -0.15) is 0 Å². The maximum atomic E-state index is 13.0. The summed E-state index contributed by atoms with van der Waals surface area (Å²) in [5.74, 6) is -0.743. The quantitative estimate of drug-likeness (QED) is 0.290. The van der Waals surface area contributed by atoms with E-state index >= 15 is 0 Å². The van der Waals surface area contributed by atoms with E-state index in [0.717, 1.165) is 16.9 Å². The van der Waals surface area contributed by atoms with Gasteiger partial charge in [-0.1, -0.05) is 35.2 Å². The van der Waals surface area contributed by atoms with Gasteiger partial charge in [0.15, 0.2) is 10.3 Å². The zero-order valence-electron chi connectivity index (χ0n) is 17.7. The van der Waals surface area contributed by atoms with Crippen LogP contribution in [0.3, 0.4) is 0 Å². The van der Waals surface area contributed by atoms with E-state index in [0.29, 0.717) is 27.2 Å². The van der Waals surface area contributed by atoms with E-state index in [9.17, 15) is 18.8 Å². The number of halogens is 1. The molecule has 0 radical (unpaired) electrons. The highest BCUT2D eigenvalue weighted by molar-refractivity contribution is 7.98. The van der Waals surface area contributed by atoms with E-state index in [1.54, 1.807) is 32.9 Å². The van der Waals surface area contributed by atoms with E-state index < -0.39 is 17.4 Å².